The minimum absolute atomic E-state index is 0.231. The highest BCUT2D eigenvalue weighted by molar-refractivity contribution is 5.84. The van der Waals surface area contributed by atoms with E-state index < -0.39 is 0 Å². The lowest BCUT2D eigenvalue weighted by Crippen LogP contribution is -1.94. The molecule has 0 saturated heterocycles. The van der Waals surface area contributed by atoms with E-state index in [0.29, 0.717) is 5.56 Å². The summed E-state index contributed by atoms with van der Waals surface area (Å²) in [6.07, 6.45) is 5.56. The lowest BCUT2D eigenvalue weighted by molar-refractivity contribution is 0.632. The van der Waals surface area contributed by atoms with Crippen LogP contribution in [0.4, 0.5) is 4.39 Å². The molecule has 0 saturated carbocycles. The van der Waals surface area contributed by atoms with Gasteiger partial charge in [0, 0.05) is 42.6 Å². The van der Waals surface area contributed by atoms with Gasteiger partial charge in [-0.3, -0.25) is 4.98 Å². The Morgan fingerprint density at radius 3 is 3.00 bits per heavy atom. The molecule has 3 heterocycles. The van der Waals surface area contributed by atoms with Gasteiger partial charge in [-0.15, -0.1) is 0 Å². The van der Waals surface area contributed by atoms with E-state index in [1.165, 1.54) is 0 Å². The minimum atomic E-state index is -0.231. The summed E-state index contributed by atoms with van der Waals surface area (Å²) in [6.45, 7) is 2.95. The van der Waals surface area contributed by atoms with Crippen molar-refractivity contribution in [3.63, 3.8) is 0 Å². The third-order valence-corrected chi connectivity index (χ3v) is 4.03. The number of pyridine rings is 1. The molecule has 0 spiro atoms. The molecule has 1 aliphatic rings. The number of hydrogen-bond donors (Lipinski definition) is 0. The van der Waals surface area contributed by atoms with Gasteiger partial charge in [0.2, 0.25) is 0 Å². The van der Waals surface area contributed by atoms with E-state index in [2.05, 4.69) is 14.5 Å². The standard InChI is InChI=1S/C16H14FN3/c1-10-4-5-18-9-12(10)11-7-15-14(8-13(11)17)19-16-3-2-6-20(15)16/h4-5,7-9H,2-3,6H2,1H3. The molecule has 3 aromatic rings. The first-order chi connectivity index (χ1) is 9.74. The van der Waals surface area contributed by atoms with Crippen molar-refractivity contribution in [2.45, 2.75) is 26.3 Å². The fraction of sp³-hybridized carbons (Fsp3) is 0.250. The highest BCUT2D eigenvalue weighted by Crippen LogP contribution is 2.31. The predicted octanol–water partition coefficient (Wildman–Crippen LogP) is 3.49. The Hall–Kier alpha value is -2.23. The number of aromatic nitrogens is 3. The molecular formula is C16H14FN3. The molecule has 0 fully saturated rings. The summed E-state index contributed by atoms with van der Waals surface area (Å²) in [7, 11) is 0. The first-order valence-electron chi connectivity index (χ1n) is 6.83. The molecule has 1 aromatic carbocycles. The molecule has 0 radical (unpaired) electrons. The molecule has 4 heteroatoms. The Balaban J connectivity index is 2.00. The lowest BCUT2D eigenvalue weighted by Gasteiger charge is -2.08. The molecule has 3 nitrogen and oxygen atoms in total. The van der Waals surface area contributed by atoms with Crippen LogP contribution < -0.4 is 0 Å². The minimum Gasteiger partial charge on any atom is -0.328 e. The van der Waals surface area contributed by atoms with Crippen molar-refractivity contribution in [3.05, 3.63) is 47.8 Å². The Labute approximate surface area is 116 Å². The Morgan fingerprint density at radius 2 is 2.15 bits per heavy atom. The first kappa shape index (κ1) is 11.6. The van der Waals surface area contributed by atoms with Crippen molar-refractivity contribution in [1.82, 2.24) is 14.5 Å². The highest BCUT2D eigenvalue weighted by Gasteiger charge is 2.19. The van der Waals surface area contributed by atoms with Crippen molar-refractivity contribution in [1.29, 1.82) is 0 Å². The Morgan fingerprint density at radius 1 is 1.25 bits per heavy atom. The second-order valence-corrected chi connectivity index (χ2v) is 5.29. The van der Waals surface area contributed by atoms with Crippen molar-refractivity contribution in [2.75, 3.05) is 0 Å². The van der Waals surface area contributed by atoms with Gasteiger partial charge in [-0.05, 0) is 31.0 Å². The Kier molecular flexibility index (Phi) is 2.39. The van der Waals surface area contributed by atoms with E-state index in [4.69, 9.17) is 0 Å². The van der Waals surface area contributed by atoms with Crippen LogP contribution in [0.15, 0.2) is 30.6 Å². The van der Waals surface area contributed by atoms with Gasteiger partial charge in [-0.2, -0.15) is 0 Å². The summed E-state index contributed by atoms with van der Waals surface area (Å²) in [5, 5.41) is 0. The largest absolute Gasteiger partial charge is 0.328 e. The molecule has 4 rings (SSSR count). The van der Waals surface area contributed by atoms with Crippen LogP contribution in [0, 0.1) is 12.7 Å². The van der Waals surface area contributed by atoms with Crippen molar-refractivity contribution in [3.8, 4) is 11.1 Å². The zero-order valence-corrected chi connectivity index (χ0v) is 11.2. The molecule has 0 atom stereocenters. The van der Waals surface area contributed by atoms with Gasteiger partial charge >= 0.3 is 0 Å². The maximum Gasteiger partial charge on any atom is 0.133 e. The maximum atomic E-state index is 14.4. The second kappa shape index (κ2) is 4.13. The summed E-state index contributed by atoms with van der Waals surface area (Å²) < 4.78 is 16.6. The van der Waals surface area contributed by atoms with Crippen LogP contribution in [-0.2, 0) is 13.0 Å². The van der Waals surface area contributed by atoms with E-state index in [1.54, 1.807) is 18.5 Å². The second-order valence-electron chi connectivity index (χ2n) is 5.29. The molecule has 0 unspecified atom stereocenters. The maximum absolute atomic E-state index is 14.4. The zero-order valence-electron chi connectivity index (χ0n) is 11.2. The van der Waals surface area contributed by atoms with Crippen LogP contribution in [0.2, 0.25) is 0 Å². The number of aryl methyl sites for hydroxylation is 3. The zero-order chi connectivity index (χ0) is 13.7. The van der Waals surface area contributed by atoms with Crippen LogP contribution in [0.5, 0.6) is 0 Å². The van der Waals surface area contributed by atoms with Gasteiger partial charge in [0.15, 0.2) is 0 Å². The first-order valence-corrected chi connectivity index (χ1v) is 6.83. The fourth-order valence-electron chi connectivity index (χ4n) is 2.98. The number of nitrogens with zero attached hydrogens (tertiary/aromatic N) is 3. The van der Waals surface area contributed by atoms with Crippen molar-refractivity contribution in [2.24, 2.45) is 0 Å². The highest BCUT2D eigenvalue weighted by atomic mass is 19.1. The van der Waals surface area contributed by atoms with Crippen LogP contribution in [-0.4, -0.2) is 14.5 Å². The summed E-state index contributed by atoms with van der Waals surface area (Å²) in [5.74, 6) is 0.838. The molecule has 1 aliphatic heterocycles. The number of benzene rings is 1. The van der Waals surface area contributed by atoms with Crippen LogP contribution in [0.3, 0.4) is 0 Å². The van der Waals surface area contributed by atoms with Gasteiger partial charge < -0.3 is 4.57 Å². The third kappa shape index (κ3) is 1.57. The molecule has 0 bridgehead atoms. The van der Waals surface area contributed by atoms with Crippen LogP contribution in [0.25, 0.3) is 22.2 Å². The number of rotatable bonds is 1. The van der Waals surface area contributed by atoms with Gasteiger partial charge in [0.25, 0.3) is 0 Å². The van der Waals surface area contributed by atoms with Crippen LogP contribution >= 0.6 is 0 Å². The summed E-state index contributed by atoms with van der Waals surface area (Å²) in [5.41, 5.74) is 4.26. The average molecular weight is 267 g/mol. The molecule has 100 valence electrons. The van der Waals surface area contributed by atoms with E-state index in [1.807, 2.05) is 19.1 Å². The molecule has 0 amide bonds. The number of halogens is 1. The molecular weight excluding hydrogens is 253 g/mol. The summed E-state index contributed by atoms with van der Waals surface area (Å²) >= 11 is 0. The van der Waals surface area contributed by atoms with Gasteiger partial charge in [0.1, 0.15) is 11.6 Å². The predicted molar refractivity (Wildman–Crippen MR) is 76.0 cm³/mol. The van der Waals surface area contributed by atoms with E-state index in [-0.39, 0.29) is 5.82 Å². The fourth-order valence-corrected chi connectivity index (χ4v) is 2.98. The van der Waals surface area contributed by atoms with E-state index >= 15 is 0 Å². The third-order valence-electron chi connectivity index (χ3n) is 4.03. The molecule has 20 heavy (non-hydrogen) atoms. The molecule has 0 aliphatic carbocycles. The molecule has 2 aromatic heterocycles. The van der Waals surface area contributed by atoms with E-state index in [9.17, 15) is 4.39 Å². The monoisotopic (exact) mass is 267 g/mol. The number of imidazole rings is 1. The normalized spacial score (nSPS) is 13.9. The van der Waals surface area contributed by atoms with Gasteiger partial charge in [-0.1, -0.05) is 0 Å². The van der Waals surface area contributed by atoms with Crippen molar-refractivity contribution < 1.29 is 4.39 Å². The summed E-state index contributed by atoms with van der Waals surface area (Å²) in [4.78, 5) is 8.63. The summed E-state index contributed by atoms with van der Waals surface area (Å²) in [6, 6.07) is 5.36. The van der Waals surface area contributed by atoms with Crippen LogP contribution in [0.1, 0.15) is 17.8 Å². The topological polar surface area (TPSA) is 30.7 Å². The van der Waals surface area contributed by atoms with Gasteiger partial charge in [-0.25, -0.2) is 9.37 Å². The van der Waals surface area contributed by atoms with Gasteiger partial charge in [0.05, 0.1) is 11.0 Å². The smallest absolute Gasteiger partial charge is 0.133 e. The Bertz CT molecular complexity index is 820. The number of fused-ring (bicyclic) bond motifs is 3. The lowest BCUT2D eigenvalue weighted by atomic mass is 10.0. The number of hydrogen-bond acceptors (Lipinski definition) is 2. The van der Waals surface area contributed by atoms with E-state index in [0.717, 1.165) is 47.4 Å². The SMILES string of the molecule is Cc1ccncc1-c1cc2c(cc1F)nc1n2CCC1. The molecule has 0 N–H and O–H groups in total. The average Bonchev–Trinajstić information content (AvgIpc) is 2.99. The van der Waals surface area contributed by atoms with Crippen molar-refractivity contribution >= 4 is 11.0 Å². The quantitative estimate of drug-likeness (QED) is 0.675.